The van der Waals surface area contributed by atoms with E-state index in [1.807, 2.05) is 55.5 Å². The van der Waals surface area contributed by atoms with Gasteiger partial charge in [-0.3, -0.25) is 0 Å². The molecule has 0 saturated heterocycles. The molecule has 0 saturated carbocycles. The summed E-state index contributed by atoms with van der Waals surface area (Å²) in [6, 6.07) is 15.9. The Kier molecular flexibility index (Phi) is 2.85. The lowest BCUT2D eigenvalue weighted by Crippen LogP contribution is -2.10. The molecule has 0 atom stereocenters. The topological polar surface area (TPSA) is 63.8 Å². The van der Waals surface area contributed by atoms with Crippen molar-refractivity contribution < 1.29 is 0 Å². The van der Waals surface area contributed by atoms with Crippen LogP contribution in [0, 0.1) is 6.92 Å². The van der Waals surface area contributed by atoms with Crippen molar-refractivity contribution in [2.45, 2.75) is 6.92 Å². The Morgan fingerprint density at radius 3 is 2.47 bits per heavy atom. The van der Waals surface area contributed by atoms with Gasteiger partial charge in [-0.25, -0.2) is 15.8 Å². The molecular formula is C15H14N4. The van der Waals surface area contributed by atoms with Crippen molar-refractivity contribution in [1.29, 1.82) is 0 Å². The summed E-state index contributed by atoms with van der Waals surface area (Å²) in [5.41, 5.74) is 5.68. The third-order valence-corrected chi connectivity index (χ3v) is 3.13. The first kappa shape index (κ1) is 11.6. The van der Waals surface area contributed by atoms with Crippen molar-refractivity contribution in [1.82, 2.24) is 9.97 Å². The number of nitrogen functional groups attached to an aromatic ring is 1. The molecule has 0 aliphatic heterocycles. The molecule has 3 N–H and O–H groups in total. The fourth-order valence-corrected chi connectivity index (χ4v) is 2.13. The molecule has 3 aromatic rings. The number of nitrogens with zero attached hydrogens (tertiary/aromatic N) is 2. The molecule has 0 aliphatic carbocycles. The predicted octanol–water partition coefficient (Wildman–Crippen LogP) is 2.89. The maximum atomic E-state index is 5.56. The minimum absolute atomic E-state index is 0.642. The van der Waals surface area contributed by atoms with E-state index in [2.05, 4.69) is 15.4 Å². The van der Waals surface area contributed by atoms with Crippen LogP contribution in [0.25, 0.3) is 22.3 Å². The summed E-state index contributed by atoms with van der Waals surface area (Å²) in [4.78, 5) is 9.11. The van der Waals surface area contributed by atoms with E-state index < -0.39 is 0 Å². The number of hydrogen-bond donors (Lipinski definition) is 2. The number of aromatic nitrogens is 2. The Balaban J connectivity index is 2.29. The minimum atomic E-state index is 0.642. The van der Waals surface area contributed by atoms with E-state index in [0.717, 1.165) is 22.0 Å². The van der Waals surface area contributed by atoms with Gasteiger partial charge in [0.1, 0.15) is 0 Å². The monoisotopic (exact) mass is 250 g/mol. The van der Waals surface area contributed by atoms with Gasteiger partial charge in [0.2, 0.25) is 0 Å². The summed E-state index contributed by atoms with van der Waals surface area (Å²) in [6.45, 7) is 2.05. The van der Waals surface area contributed by atoms with Crippen molar-refractivity contribution in [3.63, 3.8) is 0 Å². The summed E-state index contributed by atoms with van der Waals surface area (Å²) >= 11 is 0. The molecule has 0 radical (unpaired) electrons. The first-order chi connectivity index (χ1) is 9.29. The average molecular weight is 250 g/mol. The number of rotatable bonds is 2. The second-order valence-corrected chi connectivity index (χ2v) is 4.37. The van der Waals surface area contributed by atoms with E-state index >= 15 is 0 Å². The Hall–Kier alpha value is -2.46. The lowest BCUT2D eigenvalue weighted by atomic mass is 10.1. The third-order valence-electron chi connectivity index (χ3n) is 3.13. The molecule has 0 unspecified atom stereocenters. The van der Waals surface area contributed by atoms with Gasteiger partial charge in [-0.1, -0.05) is 36.4 Å². The quantitative estimate of drug-likeness (QED) is 0.542. The standard InChI is InChI=1S/C15H14N4/c1-10-6-2-3-7-11(10)14-17-13-9-5-4-8-12(13)15(18-14)19-16/h2-9H,16H2,1H3,(H,17,18,19). The molecule has 4 heteroatoms. The van der Waals surface area contributed by atoms with Crippen molar-refractivity contribution in [3.05, 3.63) is 54.1 Å². The highest BCUT2D eigenvalue weighted by molar-refractivity contribution is 5.90. The SMILES string of the molecule is Cc1ccccc1-c1nc(NN)c2ccccc2n1. The first-order valence-corrected chi connectivity index (χ1v) is 6.09. The Morgan fingerprint density at radius 1 is 0.947 bits per heavy atom. The van der Waals surface area contributed by atoms with Crippen LogP contribution in [-0.4, -0.2) is 9.97 Å². The molecule has 0 amide bonds. The van der Waals surface area contributed by atoms with Gasteiger partial charge in [-0.15, -0.1) is 0 Å². The Labute approximate surface area is 111 Å². The minimum Gasteiger partial charge on any atom is -0.308 e. The largest absolute Gasteiger partial charge is 0.308 e. The molecule has 94 valence electrons. The number of nitrogens with one attached hydrogen (secondary N) is 1. The summed E-state index contributed by atoms with van der Waals surface area (Å²) in [5, 5.41) is 0.919. The van der Waals surface area contributed by atoms with Gasteiger partial charge in [0.15, 0.2) is 11.6 Å². The summed E-state index contributed by atoms with van der Waals surface area (Å²) in [7, 11) is 0. The maximum absolute atomic E-state index is 5.56. The van der Waals surface area contributed by atoms with Crippen LogP contribution in [0.5, 0.6) is 0 Å². The van der Waals surface area contributed by atoms with Gasteiger partial charge in [0, 0.05) is 10.9 Å². The van der Waals surface area contributed by atoms with Crippen LogP contribution in [0.1, 0.15) is 5.56 Å². The molecule has 3 rings (SSSR count). The highest BCUT2D eigenvalue weighted by atomic mass is 15.3. The van der Waals surface area contributed by atoms with Gasteiger partial charge in [-0.05, 0) is 24.6 Å². The molecule has 0 bridgehead atoms. The van der Waals surface area contributed by atoms with E-state index in [0.29, 0.717) is 11.6 Å². The number of para-hydroxylation sites is 1. The Morgan fingerprint density at radius 2 is 1.68 bits per heavy atom. The van der Waals surface area contributed by atoms with E-state index in [9.17, 15) is 0 Å². The molecular weight excluding hydrogens is 236 g/mol. The summed E-state index contributed by atoms with van der Waals surface area (Å²) < 4.78 is 0. The first-order valence-electron chi connectivity index (χ1n) is 6.09. The predicted molar refractivity (Wildman–Crippen MR) is 77.5 cm³/mol. The van der Waals surface area contributed by atoms with Crippen LogP contribution in [0.15, 0.2) is 48.5 Å². The molecule has 1 heterocycles. The van der Waals surface area contributed by atoms with E-state index in [1.54, 1.807) is 0 Å². The summed E-state index contributed by atoms with van der Waals surface area (Å²) in [6.07, 6.45) is 0. The van der Waals surface area contributed by atoms with Gasteiger partial charge in [0.05, 0.1) is 5.52 Å². The van der Waals surface area contributed by atoms with Crippen LogP contribution >= 0.6 is 0 Å². The zero-order valence-corrected chi connectivity index (χ0v) is 10.6. The van der Waals surface area contributed by atoms with Gasteiger partial charge in [0.25, 0.3) is 0 Å². The number of hydrazine groups is 1. The van der Waals surface area contributed by atoms with Gasteiger partial charge >= 0.3 is 0 Å². The molecule has 0 spiro atoms. The van der Waals surface area contributed by atoms with E-state index in [1.165, 1.54) is 0 Å². The normalized spacial score (nSPS) is 10.6. The fraction of sp³-hybridized carbons (Fsp3) is 0.0667. The number of aryl methyl sites for hydroxylation is 1. The number of hydrogen-bond acceptors (Lipinski definition) is 4. The second kappa shape index (κ2) is 4.66. The van der Waals surface area contributed by atoms with Crippen molar-refractivity contribution >= 4 is 16.7 Å². The maximum Gasteiger partial charge on any atom is 0.162 e. The van der Waals surface area contributed by atoms with Crippen LogP contribution in [-0.2, 0) is 0 Å². The zero-order valence-electron chi connectivity index (χ0n) is 10.6. The van der Waals surface area contributed by atoms with Crippen LogP contribution < -0.4 is 11.3 Å². The fourth-order valence-electron chi connectivity index (χ4n) is 2.13. The number of anilines is 1. The molecule has 0 aliphatic rings. The molecule has 2 aromatic carbocycles. The third kappa shape index (κ3) is 2.02. The van der Waals surface area contributed by atoms with E-state index in [-0.39, 0.29) is 0 Å². The van der Waals surface area contributed by atoms with Crippen LogP contribution in [0.2, 0.25) is 0 Å². The second-order valence-electron chi connectivity index (χ2n) is 4.37. The van der Waals surface area contributed by atoms with Crippen molar-refractivity contribution in [2.75, 3.05) is 5.43 Å². The zero-order chi connectivity index (χ0) is 13.2. The summed E-state index contributed by atoms with van der Waals surface area (Å²) in [5.74, 6) is 6.89. The highest BCUT2D eigenvalue weighted by Gasteiger charge is 2.09. The van der Waals surface area contributed by atoms with Crippen LogP contribution in [0.3, 0.4) is 0 Å². The van der Waals surface area contributed by atoms with E-state index in [4.69, 9.17) is 5.84 Å². The van der Waals surface area contributed by atoms with Crippen molar-refractivity contribution in [2.24, 2.45) is 5.84 Å². The smallest absolute Gasteiger partial charge is 0.162 e. The molecule has 1 aromatic heterocycles. The molecule has 4 nitrogen and oxygen atoms in total. The highest BCUT2D eigenvalue weighted by Crippen LogP contribution is 2.25. The van der Waals surface area contributed by atoms with Crippen LogP contribution in [0.4, 0.5) is 5.82 Å². The lowest BCUT2D eigenvalue weighted by molar-refractivity contribution is 1.18. The lowest BCUT2D eigenvalue weighted by Gasteiger charge is -2.09. The van der Waals surface area contributed by atoms with Crippen molar-refractivity contribution in [3.8, 4) is 11.4 Å². The number of benzene rings is 2. The Bertz CT molecular complexity index is 737. The number of fused-ring (bicyclic) bond motifs is 1. The number of nitrogens with two attached hydrogens (primary N) is 1. The van der Waals surface area contributed by atoms with Gasteiger partial charge in [-0.2, -0.15) is 0 Å². The molecule has 19 heavy (non-hydrogen) atoms. The van der Waals surface area contributed by atoms with Gasteiger partial charge < -0.3 is 5.43 Å². The molecule has 0 fully saturated rings. The average Bonchev–Trinajstić information content (AvgIpc) is 2.46.